The van der Waals surface area contributed by atoms with Gasteiger partial charge < -0.3 is 4.98 Å². The maximum absolute atomic E-state index is 12.3. The van der Waals surface area contributed by atoms with Gasteiger partial charge in [-0.1, -0.05) is 0 Å². The molecule has 3 nitrogen and oxygen atoms in total. The molecule has 2 aromatic rings. The van der Waals surface area contributed by atoms with Gasteiger partial charge in [0.2, 0.25) is 0 Å². The second kappa shape index (κ2) is 3.89. The molecular weight excluding hydrogens is 287 g/mol. The number of rotatable bonds is 1. The summed E-state index contributed by atoms with van der Waals surface area (Å²) in [6, 6.07) is 3.25. The molecule has 2 aromatic heterocycles. The molecule has 0 amide bonds. The first-order valence-electron chi connectivity index (χ1n) is 4.21. The third kappa shape index (κ3) is 2.24. The molecule has 0 bridgehead atoms. The first-order chi connectivity index (χ1) is 7.47. The Labute approximate surface area is 96.9 Å². The van der Waals surface area contributed by atoms with Crippen molar-refractivity contribution in [2.24, 2.45) is 0 Å². The number of hydrogen-bond acceptors (Lipinski definition) is 2. The van der Waals surface area contributed by atoms with E-state index in [0.29, 0.717) is 10.2 Å². The fraction of sp³-hybridized carbons (Fsp3) is 0.111. The van der Waals surface area contributed by atoms with E-state index >= 15 is 0 Å². The van der Waals surface area contributed by atoms with Crippen molar-refractivity contribution in [2.75, 3.05) is 0 Å². The van der Waals surface area contributed by atoms with Crippen molar-refractivity contribution in [1.82, 2.24) is 15.0 Å². The lowest BCUT2D eigenvalue weighted by molar-refractivity contribution is -0.140. The summed E-state index contributed by atoms with van der Waals surface area (Å²) in [5.41, 5.74) is -0.441. The fourth-order valence-electron chi connectivity index (χ4n) is 1.13. The van der Waals surface area contributed by atoms with Gasteiger partial charge in [0, 0.05) is 18.0 Å². The van der Waals surface area contributed by atoms with Crippen molar-refractivity contribution in [3.63, 3.8) is 0 Å². The summed E-state index contributed by atoms with van der Waals surface area (Å²) < 4.78 is 37.4. The second-order valence-electron chi connectivity index (χ2n) is 3.00. The van der Waals surface area contributed by atoms with E-state index in [4.69, 9.17) is 0 Å². The highest BCUT2D eigenvalue weighted by atomic mass is 79.9. The summed E-state index contributed by atoms with van der Waals surface area (Å²) in [4.78, 5) is 9.81. The van der Waals surface area contributed by atoms with Gasteiger partial charge in [0.15, 0.2) is 5.69 Å². The third-order valence-electron chi connectivity index (χ3n) is 1.87. The first-order valence-corrected chi connectivity index (χ1v) is 5.00. The number of nitrogens with zero attached hydrogens (tertiary/aromatic N) is 2. The molecule has 2 rings (SSSR count). The number of aromatic nitrogens is 3. The molecule has 0 aromatic carbocycles. The molecular formula is C9H5BrF3N3. The van der Waals surface area contributed by atoms with Gasteiger partial charge in [-0.25, -0.2) is 9.97 Å². The molecule has 0 aliphatic heterocycles. The van der Waals surface area contributed by atoms with Gasteiger partial charge in [-0.05, 0) is 28.1 Å². The number of alkyl halides is 3. The molecule has 0 unspecified atom stereocenters. The van der Waals surface area contributed by atoms with Crippen LogP contribution in [0.5, 0.6) is 0 Å². The van der Waals surface area contributed by atoms with Gasteiger partial charge in [-0.2, -0.15) is 13.2 Å². The van der Waals surface area contributed by atoms with Gasteiger partial charge >= 0.3 is 6.18 Å². The number of nitrogens with one attached hydrogen (secondary N) is 1. The van der Waals surface area contributed by atoms with Crippen molar-refractivity contribution >= 4 is 15.9 Å². The largest absolute Gasteiger partial charge is 0.434 e. The third-order valence-corrected chi connectivity index (χ3v) is 2.34. The van der Waals surface area contributed by atoms with E-state index < -0.39 is 11.9 Å². The summed E-state index contributed by atoms with van der Waals surface area (Å²) in [5.74, 6) is 0.146. The van der Waals surface area contributed by atoms with E-state index in [1.165, 1.54) is 6.20 Å². The highest BCUT2D eigenvalue weighted by molar-refractivity contribution is 9.10. The minimum atomic E-state index is -4.43. The van der Waals surface area contributed by atoms with Crippen molar-refractivity contribution in [2.45, 2.75) is 6.18 Å². The molecule has 0 atom stereocenters. The molecule has 84 valence electrons. The topological polar surface area (TPSA) is 41.6 Å². The summed E-state index contributed by atoms with van der Waals surface area (Å²) in [5, 5.41) is 0. The van der Waals surface area contributed by atoms with Gasteiger partial charge in [0.25, 0.3) is 0 Å². The van der Waals surface area contributed by atoms with Crippen LogP contribution in [0.1, 0.15) is 5.69 Å². The van der Waals surface area contributed by atoms with Crippen molar-refractivity contribution < 1.29 is 13.2 Å². The van der Waals surface area contributed by atoms with Gasteiger partial charge in [0.1, 0.15) is 10.4 Å². The Morgan fingerprint density at radius 3 is 2.50 bits per heavy atom. The number of hydrogen-bond donors (Lipinski definition) is 1. The lowest BCUT2D eigenvalue weighted by Crippen LogP contribution is -2.04. The summed E-state index contributed by atoms with van der Waals surface area (Å²) >= 11 is 3.13. The van der Waals surface area contributed by atoms with E-state index in [9.17, 15) is 13.2 Å². The Bertz CT molecular complexity index is 489. The predicted octanol–water partition coefficient (Wildman–Crippen LogP) is 3.25. The molecule has 0 aliphatic carbocycles. The van der Waals surface area contributed by atoms with Crippen LogP contribution >= 0.6 is 15.9 Å². The molecule has 7 heteroatoms. The Balaban J connectivity index is 2.35. The molecule has 16 heavy (non-hydrogen) atoms. The van der Waals surface area contributed by atoms with Crippen LogP contribution in [-0.4, -0.2) is 15.0 Å². The summed E-state index contributed by atoms with van der Waals surface area (Å²) in [7, 11) is 0. The van der Waals surface area contributed by atoms with Gasteiger partial charge in [-0.3, -0.25) is 0 Å². The zero-order valence-corrected chi connectivity index (χ0v) is 9.30. The highest BCUT2D eigenvalue weighted by Gasteiger charge is 2.33. The fourth-order valence-corrected chi connectivity index (χ4v) is 1.37. The zero-order valence-electron chi connectivity index (χ0n) is 7.72. The van der Waals surface area contributed by atoms with E-state index in [0.717, 1.165) is 6.20 Å². The molecule has 0 fully saturated rings. The number of halogens is 4. The SMILES string of the molecule is FC(F)(F)c1c[nH]c(-c2ccc(Br)nc2)n1. The monoisotopic (exact) mass is 291 g/mol. The van der Waals surface area contributed by atoms with Crippen LogP contribution in [0.4, 0.5) is 13.2 Å². The summed E-state index contributed by atoms with van der Waals surface area (Å²) in [6.07, 6.45) is -2.17. The number of aromatic amines is 1. The molecule has 0 radical (unpaired) electrons. The van der Waals surface area contributed by atoms with Crippen molar-refractivity contribution in [1.29, 1.82) is 0 Å². The van der Waals surface area contributed by atoms with E-state index in [1.54, 1.807) is 12.1 Å². The van der Waals surface area contributed by atoms with E-state index in [2.05, 4.69) is 30.9 Å². The molecule has 1 N–H and O–H groups in total. The Morgan fingerprint density at radius 2 is 2.00 bits per heavy atom. The molecule has 2 heterocycles. The van der Waals surface area contributed by atoms with E-state index in [1.807, 2.05) is 0 Å². The number of H-pyrrole nitrogens is 1. The normalized spacial score (nSPS) is 11.8. The summed E-state index contributed by atoms with van der Waals surface area (Å²) in [6.45, 7) is 0. The van der Waals surface area contributed by atoms with Crippen LogP contribution in [0.2, 0.25) is 0 Å². The minimum Gasteiger partial charge on any atom is -0.344 e. The Morgan fingerprint density at radius 1 is 1.25 bits per heavy atom. The van der Waals surface area contributed by atoms with Crippen molar-refractivity contribution in [3.05, 3.63) is 34.8 Å². The number of imidazole rings is 1. The van der Waals surface area contributed by atoms with Crippen LogP contribution < -0.4 is 0 Å². The van der Waals surface area contributed by atoms with Crippen LogP contribution in [-0.2, 0) is 6.18 Å². The second-order valence-corrected chi connectivity index (χ2v) is 3.81. The minimum absolute atomic E-state index is 0.146. The number of pyridine rings is 1. The highest BCUT2D eigenvalue weighted by Crippen LogP contribution is 2.29. The van der Waals surface area contributed by atoms with Gasteiger partial charge in [0.05, 0.1) is 0 Å². The molecule has 0 saturated heterocycles. The first kappa shape index (κ1) is 11.1. The smallest absolute Gasteiger partial charge is 0.344 e. The maximum atomic E-state index is 12.3. The van der Waals surface area contributed by atoms with Crippen LogP contribution in [0.3, 0.4) is 0 Å². The lowest BCUT2D eigenvalue weighted by atomic mass is 10.3. The maximum Gasteiger partial charge on any atom is 0.434 e. The Kier molecular flexibility index (Phi) is 2.71. The quantitative estimate of drug-likeness (QED) is 0.820. The standard InChI is InChI=1S/C9H5BrF3N3/c10-7-2-1-5(3-14-7)8-15-4-6(16-8)9(11,12)13/h1-4H,(H,15,16). The van der Waals surface area contributed by atoms with E-state index in [-0.39, 0.29) is 5.82 Å². The predicted molar refractivity (Wildman–Crippen MR) is 54.5 cm³/mol. The zero-order chi connectivity index (χ0) is 11.8. The average molecular weight is 292 g/mol. The van der Waals surface area contributed by atoms with Crippen LogP contribution in [0.25, 0.3) is 11.4 Å². The average Bonchev–Trinajstić information content (AvgIpc) is 2.67. The molecule has 0 spiro atoms. The van der Waals surface area contributed by atoms with Gasteiger partial charge in [-0.15, -0.1) is 0 Å². The van der Waals surface area contributed by atoms with Crippen molar-refractivity contribution in [3.8, 4) is 11.4 Å². The molecule has 0 aliphatic rings. The molecule has 0 saturated carbocycles. The van der Waals surface area contributed by atoms with Crippen LogP contribution in [0, 0.1) is 0 Å². The van der Waals surface area contributed by atoms with Crippen LogP contribution in [0.15, 0.2) is 29.1 Å². The lowest BCUT2D eigenvalue weighted by Gasteiger charge is -1.99. The Hall–Kier alpha value is -1.37.